The maximum absolute atomic E-state index is 10.5. The molecule has 0 amide bonds. The van der Waals surface area contributed by atoms with Crippen LogP contribution in [0, 0.1) is 0 Å². The van der Waals surface area contributed by atoms with Gasteiger partial charge in [0, 0.05) is 20.7 Å². The van der Waals surface area contributed by atoms with E-state index in [0.717, 1.165) is 12.0 Å². The van der Waals surface area contributed by atoms with Gasteiger partial charge in [0.1, 0.15) is 0 Å². The Balaban J connectivity index is 1.85. The average Bonchev–Trinajstić information content (AvgIpc) is 2.82. The van der Waals surface area contributed by atoms with Crippen LogP contribution in [0.25, 0.3) is 0 Å². The van der Waals surface area contributed by atoms with Gasteiger partial charge >= 0.3 is 0 Å². The van der Waals surface area contributed by atoms with E-state index >= 15 is 0 Å². The molecule has 0 aromatic heterocycles. The molecule has 1 aliphatic rings. The molecule has 0 saturated heterocycles. The molecule has 0 aliphatic carbocycles. The summed E-state index contributed by atoms with van der Waals surface area (Å²) in [5, 5.41) is 11.3. The predicted molar refractivity (Wildman–Crippen MR) is 76.2 cm³/mol. The summed E-state index contributed by atoms with van der Waals surface area (Å²) >= 11 is 7.88. The summed E-state index contributed by atoms with van der Waals surface area (Å²) in [6, 6.07) is 15.8. The van der Waals surface area contributed by atoms with Gasteiger partial charge in [-0.25, -0.2) is 0 Å². The zero-order valence-corrected chi connectivity index (χ0v) is 11.3. The highest BCUT2D eigenvalue weighted by atomic mass is 35.5. The molecule has 1 aliphatic heterocycles. The van der Waals surface area contributed by atoms with Crippen LogP contribution in [-0.2, 0) is 6.42 Å². The average molecular weight is 277 g/mol. The fourth-order valence-electron chi connectivity index (χ4n) is 2.30. The molecule has 0 fully saturated rings. The number of hydrogen-bond donors (Lipinski definition) is 1. The molecule has 2 atom stereocenters. The zero-order valence-electron chi connectivity index (χ0n) is 9.71. The van der Waals surface area contributed by atoms with Gasteiger partial charge in [-0.15, -0.1) is 11.8 Å². The number of benzene rings is 2. The molecule has 92 valence electrons. The van der Waals surface area contributed by atoms with Crippen LogP contribution in [0.2, 0.25) is 5.02 Å². The summed E-state index contributed by atoms with van der Waals surface area (Å²) in [5.41, 5.74) is 2.14. The molecule has 0 spiro atoms. The minimum absolute atomic E-state index is 0.155. The van der Waals surface area contributed by atoms with Crippen LogP contribution >= 0.6 is 23.4 Å². The number of aliphatic hydroxyl groups excluding tert-OH is 1. The van der Waals surface area contributed by atoms with Crippen molar-refractivity contribution < 1.29 is 5.11 Å². The van der Waals surface area contributed by atoms with Gasteiger partial charge in [-0.3, -0.25) is 0 Å². The quantitative estimate of drug-likeness (QED) is 0.891. The highest BCUT2D eigenvalue weighted by Gasteiger charge is 2.29. The van der Waals surface area contributed by atoms with E-state index in [-0.39, 0.29) is 5.25 Å². The first-order valence-electron chi connectivity index (χ1n) is 5.93. The van der Waals surface area contributed by atoms with Crippen molar-refractivity contribution in [2.45, 2.75) is 22.7 Å². The van der Waals surface area contributed by atoms with Crippen molar-refractivity contribution in [3.8, 4) is 0 Å². The van der Waals surface area contributed by atoms with Crippen LogP contribution in [0.1, 0.15) is 17.2 Å². The summed E-state index contributed by atoms with van der Waals surface area (Å²) in [6.07, 6.45) is 0.379. The van der Waals surface area contributed by atoms with Gasteiger partial charge in [0.15, 0.2) is 0 Å². The van der Waals surface area contributed by atoms with Crippen molar-refractivity contribution in [1.29, 1.82) is 0 Å². The second-order valence-corrected chi connectivity index (χ2v) is 6.12. The van der Waals surface area contributed by atoms with E-state index in [4.69, 9.17) is 11.6 Å². The monoisotopic (exact) mass is 276 g/mol. The predicted octanol–water partition coefficient (Wildman–Crippen LogP) is 4.09. The molecule has 2 aromatic carbocycles. The summed E-state index contributed by atoms with van der Waals surface area (Å²) < 4.78 is 0. The number of thioether (sulfide) groups is 1. The maximum atomic E-state index is 10.5. The van der Waals surface area contributed by atoms with E-state index in [2.05, 4.69) is 12.1 Å². The Morgan fingerprint density at radius 2 is 1.83 bits per heavy atom. The Morgan fingerprint density at radius 1 is 1.11 bits per heavy atom. The Hall–Kier alpha value is -0.960. The van der Waals surface area contributed by atoms with Crippen LogP contribution in [0.3, 0.4) is 0 Å². The van der Waals surface area contributed by atoms with E-state index in [1.54, 1.807) is 11.8 Å². The Morgan fingerprint density at radius 3 is 2.61 bits per heavy atom. The summed E-state index contributed by atoms with van der Waals surface area (Å²) in [4.78, 5) is 1.27. The summed E-state index contributed by atoms with van der Waals surface area (Å²) in [5.74, 6) is 0. The molecule has 1 nitrogen and oxygen atoms in total. The van der Waals surface area contributed by atoms with Crippen molar-refractivity contribution in [2.24, 2.45) is 0 Å². The fourth-order valence-corrected chi connectivity index (χ4v) is 3.87. The molecule has 2 unspecified atom stereocenters. The van der Waals surface area contributed by atoms with Gasteiger partial charge in [-0.2, -0.15) is 0 Å². The lowest BCUT2D eigenvalue weighted by atomic mass is 10.0. The first kappa shape index (κ1) is 12.1. The van der Waals surface area contributed by atoms with Crippen molar-refractivity contribution in [3.63, 3.8) is 0 Å². The molecule has 0 radical (unpaired) electrons. The molecule has 0 bridgehead atoms. The zero-order chi connectivity index (χ0) is 12.5. The molecule has 18 heavy (non-hydrogen) atoms. The summed E-state index contributed by atoms with van der Waals surface area (Å²) in [7, 11) is 0. The highest BCUT2D eigenvalue weighted by molar-refractivity contribution is 8.00. The fraction of sp³-hybridized carbons (Fsp3) is 0.200. The van der Waals surface area contributed by atoms with E-state index in [0.29, 0.717) is 5.02 Å². The third-order valence-corrected chi connectivity index (χ3v) is 4.97. The summed E-state index contributed by atoms with van der Waals surface area (Å²) in [6.45, 7) is 0. The second kappa shape index (κ2) is 4.96. The number of fused-ring (bicyclic) bond motifs is 1. The molecular weight excluding hydrogens is 264 g/mol. The lowest BCUT2D eigenvalue weighted by Gasteiger charge is -2.18. The largest absolute Gasteiger partial charge is 0.387 e. The van der Waals surface area contributed by atoms with Gasteiger partial charge in [0.2, 0.25) is 0 Å². The lowest BCUT2D eigenvalue weighted by molar-refractivity contribution is 0.175. The second-order valence-electron chi connectivity index (χ2n) is 4.43. The first-order valence-corrected chi connectivity index (χ1v) is 7.18. The molecule has 2 aromatic rings. The Bertz CT molecular complexity index is 545. The van der Waals surface area contributed by atoms with Gasteiger partial charge in [0.05, 0.1) is 6.10 Å². The normalized spacial score (nSPS) is 19.6. The van der Waals surface area contributed by atoms with Crippen LogP contribution in [0.5, 0.6) is 0 Å². The van der Waals surface area contributed by atoms with Crippen molar-refractivity contribution >= 4 is 23.4 Å². The van der Waals surface area contributed by atoms with Gasteiger partial charge < -0.3 is 5.11 Å². The molecule has 0 saturated carbocycles. The number of hydrogen-bond acceptors (Lipinski definition) is 2. The van der Waals surface area contributed by atoms with E-state index in [1.807, 2.05) is 36.4 Å². The number of aliphatic hydroxyl groups is 1. The Kier molecular flexibility index (Phi) is 3.33. The maximum Gasteiger partial charge on any atom is 0.0929 e. The minimum atomic E-state index is -0.518. The highest BCUT2D eigenvalue weighted by Crippen LogP contribution is 2.43. The SMILES string of the molecule is OC(c1ccccc1Cl)C1Cc2ccccc2S1. The van der Waals surface area contributed by atoms with Crippen LogP contribution in [-0.4, -0.2) is 10.4 Å². The minimum Gasteiger partial charge on any atom is -0.387 e. The number of rotatable bonds is 2. The first-order chi connectivity index (χ1) is 8.75. The van der Waals surface area contributed by atoms with E-state index in [9.17, 15) is 5.11 Å². The van der Waals surface area contributed by atoms with Crippen molar-refractivity contribution in [3.05, 3.63) is 64.7 Å². The molecule has 1 N–H and O–H groups in total. The molecule has 3 rings (SSSR count). The Labute approximate surface area is 116 Å². The van der Waals surface area contributed by atoms with E-state index in [1.165, 1.54) is 10.5 Å². The molecular formula is C15H13ClOS. The van der Waals surface area contributed by atoms with Gasteiger partial charge in [-0.1, -0.05) is 48.0 Å². The molecule has 1 heterocycles. The van der Waals surface area contributed by atoms with Crippen molar-refractivity contribution in [2.75, 3.05) is 0 Å². The topological polar surface area (TPSA) is 20.2 Å². The van der Waals surface area contributed by atoms with E-state index < -0.39 is 6.10 Å². The van der Waals surface area contributed by atoms with Crippen LogP contribution < -0.4 is 0 Å². The smallest absolute Gasteiger partial charge is 0.0929 e. The standard InChI is InChI=1S/C15H13ClOS/c16-12-7-3-2-6-11(12)15(17)14-9-10-5-1-4-8-13(10)18-14/h1-8,14-15,17H,9H2. The third kappa shape index (κ3) is 2.16. The molecule has 3 heteroatoms. The van der Waals surface area contributed by atoms with Gasteiger partial charge in [0.25, 0.3) is 0 Å². The lowest BCUT2D eigenvalue weighted by Crippen LogP contribution is -2.14. The third-order valence-electron chi connectivity index (χ3n) is 3.25. The van der Waals surface area contributed by atoms with Crippen LogP contribution in [0.4, 0.5) is 0 Å². The number of halogens is 1. The van der Waals surface area contributed by atoms with Gasteiger partial charge in [-0.05, 0) is 24.1 Å². The van der Waals surface area contributed by atoms with Crippen molar-refractivity contribution in [1.82, 2.24) is 0 Å². The van der Waals surface area contributed by atoms with Crippen LogP contribution in [0.15, 0.2) is 53.4 Å².